The van der Waals surface area contributed by atoms with Crippen LogP contribution < -0.4 is 19.0 Å². The molecule has 0 aliphatic heterocycles. The molecule has 1 unspecified atom stereocenters. The van der Waals surface area contributed by atoms with Crippen molar-refractivity contribution in [2.75, 3.05) is 21.3 Å². The molecule has 0 bridgehead atoms. The van der Waals surface area contributed by atoms with Crippen LogP contribution in [0.15, 0.2) is 40.7 Å². The van der Waals surface area contributed by atoms with Gasteiger partial charge in [0.1, 0.15) is 0 Å². The van der Waals surface area contributed by atoms with E-state index in [9.17, 15) is 0 Å². The Balaban J connectivity index is 2.23. The van der Waals surface area contributed by atoms with Crippen LogP contribution in [-0.4, -0.2) is 25.9 Å². The summed E-state index contributed by atoms with van der Waals surface area (Å²) in [5.41, 5.74) is 5.48. The lowest BCUT2D eigenvalue weighted by atomic mass is 10.1. The molecule has 0 fully saturated rings. The number of rotatable bonds is 7. The maximum Gasteiger partial charge on any atom is 0.203 e. The minimum atomic E-state index is 0.287. The maximum absolute atomic E-state index is 5.56. The fourth-order valence-electron chi connectivity index (χ4n) is 3.58. The highest BCUT2D eigenvalue weighted by Gasteiger charge is 2.18. The van der Waals surface area contributed by atoms with Crippen molar-refractivity contribution in [1.29, 1.82) is 0 Å². The molecule has 1 atom stereocenters. The summed E-state index contributed by atoms with van der Waals surface area (Å²) in [5.74, 6) is 1.87. The minimum absolute atomic E-state index is 0.287. The van der Waals surface area contributed by atoms with Crippen LogP contribution in [-0.2, 0) is 0 Å². The zero-order valence-electron chi connectivity index (χ0n) is 18.8. The second-order valence-electron chi connectivity index (χ2n) is 7.40. The standard InChI is InChI=1S/C24H30N2O3S/c1-8-17(4)26-20(18-12-21(27-5)23(29-7)22(13-18)28-6)14-30-24(26)25-19-10-15(2)9-16(3)11-19/h9-14,17H,8H2,1-7H3. The lowest BCUT2D eigenvalue weighted by Gasteiger charge is -2.18. The van der Waals surface area contributed by atoms with E-state index < -0.39 is 0 Å². The van der Waals surface area contributed by atoms with Crippen molar-refractivity contribution in [2.24, 2.45) is 4.99 Å². The number of aryl methyl sites for hydroxylation is 2. The van der Waals surface area contributed by atoms with Crippen LogP contribution in [0.2, 0.25) is 0 Å². The first-order valence-electron chi connectivity index (χ1n) is 10.0. The predicted octanol–water partition coefficient (Wildman–Crippen LogP) is 6.06. The molecule has 160 valence electrons. The van der Waals surface area contributed by atoms with E-state index in [1.807, 2.05) is 12.1 Å². The number of hydrogen-bond donors (Lipinski definition) is 0. The number of benzene rings is 2. The molecule has 1 aromatic heterocycles. The van der Waals surface area contributed by atoms with Gasteiger partial charge in [-0.2, -0.15) is 0 Å². The summed E-state index contributed by atoms with van der Waals surface area (Å²) in [6.07, 6.45) is 0.994. The van der Waals surface area contributed by atoms with Gasteiger partial charge in [0.25, 0.3) is 0 Å². The van der Waals surface area contributed by atoms with Gasteiger partial charge in [-0.05, 0) is 62.6 Å². The van der Waals surface area contributed by atoms with E-state index in [2.05, 4.69) is 55.8 Å². The Kier molecular flexibility index (Phi) is 6.87. The van der Waals surface area contributed by atoms with E-state index in [4.69, 9.17) is 19.2 Å². The number of thiazole rings is 1. The van der Waals surface area contributed by atoms with E-state index in [0.29, 0.717) is 17.2 Å². The van der Waals surface area contributed by atoms with Gasteiger partial charge in [0.05, 0.1) is 32.7 Å². The van der Waals surface area contributed by atoms with Gasteiger partial charge in [0.2, 0.25) is 5.75 Å². The maximum atomic E-state index is 5.56. The van der Waals surface area contributed by atoms with Crippen LogP contribution in [0.1, 0.15) is 37.4 Å². The molecule has 6 heteroatoms. The highest BCUT2D eigenvalue weighted by Crippen LogP contribution is 2.41. The molecule has 0 N–H and O–H groups in total. The monoisotopic (exact) mass is 426 g/mol. The van der Waals surface area contributed by atoms with Gasteiger partial charge in [0, 0.05) is 17.0 Å². The normalized spacial score (nSPS) is 12.7. The molecular weight excluding hydrogens is 396 g/mol. The van der Waals surface area contributed by atoms with Crippen LogP contribution in [0.5, 0.6) is 17.2 Å². The van der Waals surface area contributed by atoms with Gasteiger partial charge in [-0.3, -0.25) is 0 Å². The first-order chi connectivity index (χ1) is 14.4. The molecule has 0 spiro atoms. The Labute approximate surface area is 182 Å². The molecule has 1 heterocycles. The Morgan fingerprint density at radius 3 is 2.03 bits per heavy atom. The molecule has 3 aromatic rings. The van der Waals surface area contributed by atoms with Crippen LogP contribution in [0.3, 0.4) is 0 Å². The number of methoxy groups -OCH3 is 3. The number of aromatic nitrogens is 1. The molecule has 3 rings (SSSR count). The van der Waals surface area contributed by atoms with E-state index >= 15 is 0 Å². The summed E-state index contributed by atoms with van der Waals surface area (Å²) in [6, 6.07) is 10.7. The van der Waals surface area contributed by atoms with Crippen LogP contribution in [0, 0.1) is 13.8 Å². The topological polar surface area (TPSA) is 45.0 Å². The number of ether oxygens (including phenoxy) is 3. The SMILES string of the molecule is CCC(C)n1c(-c2cc(OC)c(OC)c(OC)c2)csc1=Nc1cc(C)cc(C)c1. The summed E-state index contributed by atoms with van der Waals surface area (Å²) >= 11 is 1.64. The zero-order chi connectivity index (χ0) is 21.8. The molecule has 30 heavy (non-hydrogen) atoms. The summed E-state index contributed by atoms with van der Waals surface area (Å²) in [5, 5.41) is 2.15. The van der Waals surface area contributed by atoms with E-state index in [1.165, 1.54) is 11.1 Å². The molecule has 0 aliphatic carbocycles. The average Bonchev–Trinajstić information content (AvgIpc) is 3.14. The molecule has 0 amide bonds. The summed E-state index contributed by atoms with van der Waals surface area (Å²) < 4.78 is 18.9. The second-order valence-corrected chi connectivity index (χ2v) is 8.24. The number of nitrogens with zero attached hydrogens (tertiary/aromatic N) is 2. The lowest BCUT2D eigenvalue weighted by molar-refractivity contribution is 0.324. The van der Waals surface area contributed by atoms with Crippen molar-refractivity contribution >= 4 is 17.0 Å². The molecule has 0 saturated carbocycles. The third-order valence-electron chi connectivity index (χ3n) is 5.16. The molecule has 0 aliphatic rings. The van der Waals surface area contributed by atoms with Gasteiger partial charge in [-0.15, -0.1) is 11.3 Å². The van der Waals surface area contributed by atoms with Crippen molar-refractivity contribution in [3.8, 4) is 28.5 Å². The van der Waals surface area contributed by atoms with Gasteiger partial charge < -0.3 is 18.8 Å². The molecule has 5 nitrogen and oxygen atoms in total. The average molecular weight is 427 g/mol. The quantitative estimate of drug-likeness (QED) is 0.461. The van der Waals surface area contributed by atoms with Crippen molar-refractivity contribution < 1.29 is 14.2 Å². The molecule has 2 aromatic carbocycles. The minimum Gasteiger partial charge on any atom is -0.493 e. The van der Waals surface area contributed by atoms with E-state index in [-0.39, 0.29) is 6.04 Å². The van der Waals surface area contributed by atoms with Gasteiger partial charge in [-0.25, -0.2) is 4.99 Å². The summed E-state index contributed by atoms with van der Waals surface area (Å²) in [7, 11) is 4.89. The molecular formula is C24H30N2O3S. The first-order valence-corrected chi connectivity index (χ1v) is 10.9. The largest absolute Gasteiger partial charge is 0.493 e. The molecule has 0 radical (unpaired) electrons. The van der Waals surface area contributed by atoms with E-state index in [0.717, 1.165) is 28.2 Å². The lowest BCUT2D eigenvalue weighted by Crippen LogP contribution is -2.19. The Bertz CT molecular complexity index is 1050. The van der Waals surface area contributed by atoms with Crippen LogP contribution >= 0.6 is 11.3 Å². The first kappa shape index (κ1) is 22.0. The van der Waals surface area contributed by atoms with Crippen LogP contribution in [0.25, 0.3) is 11.3 Å². The Morgan fingerprint density at radius 1 is 0.933 bits per heavy atom. The van der Waals surface area contributed by atoms with Crippen molar-refractivity contribution in [1.82, 2.24) is 4.57 Å². The van der Waals surface area contributed by atoms with Gasteiger partial charge >= 0.3 is 0 Å². The summed E-state index contributed by atoms with van der Waals surface area (Å²) in [6.45, 7) is 8.61. The third kappa shape index (κ3) is 4.38. The summed E-state index contributed by atoms with van der Waals surface area (Å²) in [4.78, 5) is 5.96. The Hall–Kier alpha value is -2.73. The molecule has 0 saturated heterocycles. The van der Waals surface area contributed by atoms with Crippen LogP contribution in [0.4, 0.5) is 5.69 Å². The predicted molar refractivity (Wildman–Crippen MR) is 124 cm³/mol. The highest BCUT2D eigenvalue weighted by molar-refractivity contribution is 7.07. The number of hydrogen-bond acceptors (Lipinski definition) is 5. The third-order valence-corrected chi connectivity index (χ3v) is 6.00. The van der Waals surface area contributed by atoms with Crippen molar-refractivity contribution in [3.63, 3.8) is 0 Å². The highest BCUT2D eigenvalue weighted by atomic mass is 32.1. The Morgan fingerprint density at radius 2 is 1.53 bits per heavy atom. The van der Waals surface area contributed by atoms with Crippen molar-refractivity contribution in [2.45, 2.75) is 40.2 Å². The van der Waals surface area contributed by atoms with Gasteiger partial charge in [0.15, 0.2) is 16.3 Å². The zero-order valence-corrected chi connectivity index (χ0v) is 19.6. The van der Waals surface area contributed by atoms with Crippen molar-refractivity contribution in [3.05, 3.63) is 51.6 Å². The second kappa shape index (κ2) is 9.39. The van der Waals surface area contributed by atoms with E-state index in [1.54, 1.807) is 32.7 Å². The fourth-order valence-corrected chi connectivity index (χ4v) is 4.59. The fraction of sp³-hybridized carbons (Fsp3) is 0.375. The van der Waals surface area contributed by atoms with Gasteiger partial charge in [-0.1, -0.05) is 13.0 Å². The smallest absolute Gasteiger partial charge is 0.203 e.